The number of benzene rings is 1. The molecule has 0 radical (unpaired) electrons. The first-order valence-corrected chi connectivity index (χ1v) is 8.24. The summed E-state index contributed by atoms with van der Waals surface area (Å²) in [7, 11) is 1.70. The molecule has 1 amide bonds. The molecular formula is C16H16FN5OS. The Hall–Kier alpha value is -2.48. The molecule has 8 heteroatoms. The van der Waals surface area contributed by atoms with Crippen LogP contribution in [0.5, 0.6) is 0 Å². The number of halogens is 1. The van der Waals surface area contributed by atoms with Gasteiger partial charge in [-0.05, 0) is 30.7 Å². The van der Waals surface area contributed by atoms with Gasteiger partial charge >= 0.3 is 0 Å². The molecule has 0 unspecified atom stereocenters. The lowest BCUT2D eigenvalue weighted by Crippen LogP contribution is -2.32. The van der Waals surface area contributed by atoms with Crippen LogP contribution in [0.2, 0.25) is 0 Å². The summed E-state index contributed by atoms with van der Waals surface area (Å²) in [6, 6.07) is 8.00. The number of aromatic nitrogens is 4. The Morgan fingerprint density at radius 2 is 2.25 bits per heavy atom. The molecule has 3 rings (SSSR count). The van der Waals surface area contributed by atoms with E-state index in [1.807, 2.05) is 0 Å². The first kappa shape index (κ1) is 16.4. The van der Waals surface area contributed by atoms with Crippen LogP contribution in [-0.4, -0.2) is 42.7 Å². The average molecular weight is 345 g/mol. The van der Waals surface area contributed by atoms with Gasteiger partial charge in [-0.2, -0.15) is 4.98 Å². The van der Waals surface area contributed by atoms with Crippen molar-refractivity contribution in [3.05, 3.63) is 54.1 Å². The number of hydrogen-bond donors (Lipinski definition) is 0. The minimum Gasteiger partial charge on any atom is -0.340 e. The smallest absolute Gasteiger partial charge is 0.253 e. The van der Waals surface area contributed by atoms with Gasteiger partial charge in [-0.15, -0.1) is 5.10 Å². The summed E-state index contributed by atoms with van der Waals surface area (Å²) in [5.74, 6) is 0.112. The molecule has 24 heavy (non-hydrogen) atoms. The van der Waals surface area contributed by atoms with Gasteiger partial charge < -0.3 is 4.90 Å². The van der Waals surface area contributed by atoms with E-state index < -0.39 is 0 Å². The molecule has 0 spiro atoms. The number of nitrogens with zero attached hydrogens (tertiary/aromatic N) is 5. The molecule has 0 fully saturated rings. The van der Waals surface area contributed by atoms with E-state index in [9.17, 15) is 9.18 Å². The Bertz CT molecular complexity index is 835. The van der Waals surface area contributed by atoms with Gasteiger partial charge in [0.15, 0.2) is 0 Å². The summed E-state index contributed by atoms with van der Waals surface area (Å²) < 4.78 is 14.8. The Morgan fingerprint density at radius 3 is 3.00 bits per heavy atom. The first-order valence-electron chi connectivity index (χ1n) is 7.36. The van der Waals surface area contributed by atoms with Crippen molar-refractivity contribution in [2.24, 2.45) is 0 Å². The monoisotopic (exact) mass is 345 g/mol. The van der Waals surface area contributed by atoms with Crippen molar-refractivity contribution >= 4 is 23.4 Å². The normalized spacial score (nSPS) is 12.3. The van der Waals surface area contributed by atoms with Crippen molar-refractivity contribution in [3.63, 3.8) is 0 Å². The first-order chi connectivity index (χ1) is 11.5. The molecule has 0 aliphatic carbocycles. The molecule has 0 aliphatic rings. The van der Waals surface area contributed by atoms with Gasteiger partial charge in [0.25, 0.3) is 5.78 Å². The van der Waals surface area contributed by atoms with E-state index in [1.165, 1.54) is 23.9 Å². The van der Waals surface area contributed by atoms with Gasteiger partial charge in [-0.3, -0.25) is 4.79 Å². The summed E-state index contributed by atoms with van der Waals surface area (Å²) in [6.07, 6.45) is 3.39. The Morgan fingerprint density at radius 1 is 1.42 bits per heavy atom. The predicted molar refractivity (Wildman–Crippen MR) is 89.0 cm³/mol. The second-order valence-electron chi connectivity index (χ2n) is 5.34. The van der Waals surface area contributed by atoms with Crippen molar-refractivity contribution in [3.8, 4) is 0 Å². The number of thioether (sulfide) groups is 1. The average Bonchev–Trinajstić information content (AvgIpc) is 2.96. The third-order valence-corrected chi connectivity index (χ3v) is 4.35. The molecule has 3 aromatic rings. The van der Waals surface area contributed by atoms with E-state index in [0.29, 0.717) is 17.5 Å². The van der Waals surface area contributed by atoms with Crippen molar-refractivity contribution < 1.29 is 9.18 Å². The Balaban J connectivity index is 1.65. The lowest BCUT2D eigenvalue weighted by atomic mass is 10.2. The van der Waals surface area contributed by atoms with Gasteiger partial charge in [0, 0.05) is 26.0 Å². The van der Waals surface area contributed by atoms with Crippen LogP contribution in [0.25, 0.3) is 5.78 Å². The van der Waals surface area contributed by atoms with Gasteiger partial charge in [0.2, 0.25) is 11.1 Å². The minimum absolute atomic E-state index is 0.0731. The standard InChI is InChI=1S/C16H16FN5OS/c1-11(24-16-19-15-18-7-4-8-22(15)20-16)14(23)21(2)10-12-5-3-6-13(17)9-12/h3-9,11H,10H2,1-2H3/t11-/m1/s1. The zero-order valence-electron chi connectivity index (χ0n) is 13.3. The molecular weight excluding hydrogens is 329 g/mol. The molecule has 124 valence electrons. The van der Waals surface area contributed by atoms with Gasteiger partial charge in [-0.1, -0.05) is 23.9 Å². The maximum atomic E-state index is 13.2. The molecule has 0 aliphatic heterocycles. The van der Waals surface area contributed by atoms with Crippen LogP contribution < -0.4 is 0 Å². The highest BCUT2D eigenvalue weighted by atomic mass is 32.2. The largest absolute Gasteiger partial charge is 0.340 e. The molecule has 1 aromatic carbocycles. The van der Waals surface area contributed by atoms with Crippen molar-refractivity contribution in [1.82, 2.24) is 24.5 Å². The van der Waals surface area contributed by atoms with Gasteiger partial charge in [-0.25, -0.2) is 13.9 Å². The fourth-order valence-electron chi connectivity index (χ4n) is 2.27. The van der Waals surface area contributed by atoms with Crippen LogP contribution in [0.4, 0.5) is 4.39 Å². The van der Waals surface area contributed by atoms with E-state index in [4.69, 9.17) is 0 Å². The maximum Gasteiger partial charge on any atom is 0.253 e. The molecule has 0 saturated heterocycles. The van der Waals surface area contributed by atoms with Crippen molar-refractivity contribution in [2.75, 3.05) is 7.05 Å². The lowest BCUT2D eigenvalue weighted by molar-refractivity contribution is -0.129. The second-order valence-corrected chi connectivity index (χ2v) is 6.65. The number of rotatable bonds is 5. The van der Waals surface area contributed by atoms with Crippen LogP contribution in [0, 0.1) is 5.82 Å². The zero-order valence-corrected chi connectivity index (χ0v) is 14.1. The summed E-state index contributed by atoms with van der Waals surface area (Å²) >= 11 is 1.27. The van der Waals surface area contributed by atoms with E-state index >= 15 is 0 Å². The summed E-state index contributed by atoms with van der Waals surface area (Å²) in [5, 5.41) is 4.41. The van der Waals surface area contributed by atoms with Gasteiger partial charge in [0.05, 0.1) is 5.25 Å². The predicted octanol–water partition coefficient (Wildman–Crippen LogP) is 2.40. The zero-order chi connectivity index (χ0) is 17.1. The molecule has 0 saturated carbocycles. The molecule has 0 bridgehead atoms. The van der Waals surface area contributed by atoms with Gasteiger partial charge in [0.1, 0.15) is 5.82 Å². The Labute approximate surface area is 142 Å². The molecule has 2 heterocycles. The van der Waals surface area contributed by atoms with Crippen LogP contribution >= 0.6 is 11.8 Å². The summed E-state index contributed by atoms with van der Waals surface area (Å²) in [5.41, 5.74) is 0.748. The highest BCUT2D eigenvalue weighted by molar-refractivity contribution is 8.00. The van der Waals surface area contributed by atoms with Crippen LogP contribution in [-0.2, 0) is 11.3 Å². The van der Waals surface area contributed by atoms with E-state index in [1.54, 1.807) is 54.0 Å². The third kappa shape index (κ3) is 3.70. The Kier molecular flexibility index (Phi) is 4.75. The van der Waals surface area contributed by atoms with Crippen LogP contribution in [0.1, 0.15) is 12.5 Å². The number of fused-ring (bicyclic) bond motifs is 1. The number of hydrogen-bond acceptors (Lipinski definition) is 5. The van der Waals surface area contributed by atoms with E-state index in [2.05, 4.69) is 15.1 Å². The van der Waals surface area contributed by atoms with E-state index in [0.717, 1.165) is 5.56 Å². The molecule has 6 nitrogen and oxygen atoms in total. The van der Waals surface area contributed by atoms with Crippen molar-refractivity contribution in [1.29, 1.82) is 0 Å². The fraction of sp³-hybridized carbons (Fsp3) is 0.250. The maximum absolute atomic E-state index is 13.2. The fourth-order valence-corrected chi connectivity index (χ4v) is 3.14. The van der Waals surface area contributed by atoms with Crippen molar-refractivity contribution in [2.45, 2.75) is 23.9 Å². The highest BCUT2D eigenvalue weighted by Gasteiger charge is 2.21. The minimum atomic E-state index is -0.360. The quantitative estimate of drug-likeness (QED) is 0.665. The topological polar surface area (TPSA) is 63.4 Å². The van der Waals surface area contributed by atoms with Crippen LogP contribution in [0.15, 0.2) is 47.9 Å². The summed E-state index contributed by atoms with van der Waals surface area (Å²) in [6.45, 7) is 2.15. The second kappa shape index (κ2) is 6.96. The molecule has 0 N–H and O–H groups in total. The number of amides is 1. The molecule has 2 aromatic heterocycles. The summed E-state index contributed by atoms with van der Waals surface area (Å²) in [4.78, 5) is 22.4. The SMILES string of the molecule is C[C@@H](Sc1nc2ncccn2n1)C(=O)N(C)Cc1cccc(F)c1. The lowest BCUT2D eigenvalue weighted by Gasteiger charge is -2.20. The van der Waals surface area contributed by atoms with E-state index in [-0.39, 0.29) is 17.0 Å². The number of carbonyl (C=O) groups is 1. The third-order valence-electron chi connectivity index (χ3n) is 3.41. The van der Waals surface area contributed by atoms with Crippen LogP contribution in [0.3, 0.4) is 0 Å². The highest BCUT2D eigenvalue weighted by Crippen LogP contribution is 2.21. The molecule has 1 atom stereocenters. The number of carbonyl (C=O) groups excluding carboxylic acids is 1.